The van der Waals surface area contributed by atoms with Gasteiger partial charge in [-0.1, -0.05) is 18.2 Å². The maximum Gasteiger partial charge on any atom is 0.326 e. The zero-order valence-electron chi connectivity index (χ0n) is 13.9. The van der Waals surface area contributed by atoms with Crippen LogP contribution in [-0.4, -0.2) is 37.8 Å². The van der Waals surface area contributed by atoms with Gasteiger partial charge in [0, 0.05) is 25.7 Å². The number of hydrogen-bond donors (Lipinski definition) is 3. The first-order chi connectivity index (χ1) is 12.1. The first-order valence-electron chi connectivity index (χ1n) is 8.54. The highest BCUT2D eigenvalue weighted by Gasteiger charge is 2.23. The lowest BCUT2D eigenvalue weighted by Crippen LogP contribution is -2.36. The van der Waals surface area contributed by atoms with Crippen LogP contribution >= 0.6 is 0 Å². The molecule has 130 valence electrons. The maximum absolute atomic E-state index is 12.3. The van der Waals surface area contributed by atoms with Crippen molar-refractivity contribution in [2.45, 2.75) is 25.4 Å². The van der Waals surface area contributed by atoms with Crippen LogP contribution in [0.4, 0.5) is 0 Å². The first-order valence-corrected chi connectivity index (χ1v) is 8.54. The molecule has 3 aromatic rings. The number of benzene rings is 2. The number of phenols is 2. The van der Waals surface area contributed by atoms with Crippen LogP contribution in [0.3, 0.4) is 0 Å². The summed E-state index contributed by atoms with van der Waals surface area (Å²) in [6, 6.07) is 12.9. The van der Waals surface area contributed by atoms with Gasteiger partial charge in [0.05, 0.1) is 11.0 Å². The van der Waals surface area contributed by atoms with Gasteiger partial charge in [0.2, 0.25) is 0 Å². The number of likely N-dealkylation sites (tertiary alicyclic amines) is 1. The first kappa shape index (κ1) is 15.8. The molecule has 0 radical (unpaired) electrons. The molecule has 0 unspecified atom stereocenters. The normalized spacial score (nSPS) is 16.5. The second-order valence-electron chi connectivity index (χ2n) is 6.65. The van der Waals surface area contributed by atoms with Crippen LogP contribution < -0.4 is 5.69 Å². The van der Waals surface area contributed by atoms with E-state index in [1.807, 2.05) is 34.9 Å². The Labute approximate surface area is 145 Å². The van der Waals surface area contributed by atoms with Gasteiger partial charge >= 0.3 is 5.69 Å². The van der Waals surface area contributed by atoms with E-state index in [9.17, 15) is 15.0 Å². The van der Waals surface area contributed by atoms with Crippen LogP contribution in [0.5, 0.6) is 11.5 Å². The second-order valence-corrected chi connectivity index (χ2v) is 6.65. The number of nitrogens with zero attached hydrogens (tertiary/aromatic N) is 2. The third-order valence-electron chi connectivity index (χ3n) is 4.99. The number of imidazole rings is 1. The van der Waals surface area contributed by atoms with Gasteiger partial charge in [-0.15, -0.1) is 0 Å². The minimum absolute atomic E-state index is 0.0388. The van der Waals surface area contributed by atoms with E-state index < -0.39 is 0 Å². The molecule has 0 atom stereocenters. The Hall–Kier alpha value is -2.73. The summed E-state index contributed by atoms with van der Waals surface area (Å²) < 4.78 is 1.89. The number of fused-ring (bicyclic) bond motifs is 1. The summed E-state index contributed by atoms with van der Waals surface area (Å²) in [4.78, 5) is 17.6. The smallest absolute Gasteiger partial charge is 0.326 e. The van der Waals surface area contributed by atoms with E-state index in [0.29, 0.717) is 0 Å². The molecule has 4 rings (SSSR count). The number of para-hydroxylation sites is 2. The monoisotopic (exact) mass is 339 g/mol. The fourth-order valence-corrected chi connectivity index (χ4v) is 3.70. The number of hydrogen-bond acceptors (Lipinski definition) is 4. The van der Waals surface area contributed by atoms with Gasteiger partial charge in [0.25, 0.3) is 0 Å². The van der Waals surface area contributed by atoms with E-state index in [4.69, 9.17) is 0 Å². The molecule has 6 nitrogen and oxygen atoms in total. The molecule has 0 amide bonds. The predicted octanol–water partition coefficient (Wildman–Crippen LogP) is 2.58. The van der Waals surface area contributed by atoms with Crippen LogP contribution in [-0.2, 0) is 6.54 Å². The van der Waals surface area contributed by atoms with Crippen molar-refractivity contribution in [3.05, 3.63) is 58.5 Å². The Balaban J connectivity index is 1.47. The fraction of sp³-hybridized carbons (Fsp3) is 0.316. The molecule has 0 aliphatic carbocycles. The van der Waals surface area contributed by atoms with Crippen LogP contribution in [0.25, 0.3) is 11.0 Å². The number of piperidine rings is 1. The number of H-pyrrole nitrogens is 1. The Morgan fingerprint density at radius 1 is 1.04 bits per heavy atom. The fourth-order valence-electron chi connectivity index (χ4n) is 3.70. The topological polar surface area (TPSA) is 81.5 Å². The predicted molar refractivity (Wildman–Crippen MR) is 95.9 cm³/mol. The molecule has 25 heavy (non-hydrogen) atoms. The van der Waals surface area contributed by atoms with Crippen LogP contribution in [0.2, 0.25) is 0 Å². The molecule has 6 heteroatoms. The standard InChI is InChI=1S/C19H21N3O3/c23-17-6-5-13(11-18(17)24)12-21-9-7-14(8-10-21)22-16-4-2-1-3-15(16)20-19(22)25/h1-6,11,14,23-24H,7-10,12H2,(H,20,25). The highest BCUT2D eigenvalue weighted by Crippen LogP contribution is 2.28. The molecule has 2 aromatic carbocycles. The minimum atomic E-state index is -0.0961. The third kappa shape index (κ3) is 3.00. The summed E-state index contributed by atoms with van der Waals surface area (Å²) in [5.41, 5.74) is 2.78. The number of aromatic nitrogens is 2. The molecule has 3 N–H and O–H groups in total. The van der Waals surface area contributed by atoms with Crippen molar-refractivity contribution in [2.75, 3.05) is 13.1 Å². The summed E-state index contributed by atoms with van der Waals surface area (Å²) in [7, 11) is 0. The third-order valence-corrected chi connectivity index (χ3v) is 4.99. The van der Waals surface area contributed by atoms with E-state index in [1.165, 1.54) is 6.07 Å². The van der Waals surface area contributed by atoms with Gasteiger partial charge in [-0.05, 0) is 42.7 Å². The average molecular weight is 339 g/mol. The van der Waals surface area contributed by atoms with E-state index in [2.05, 4.69) is 9.88 Å². The van der Waals surface area contributed by atoms with Crippen molar-refractivity contribution in [1.29, 1.82) is 0 Å². The van der Waals surface area contributed by atoms with Crippen molar-refractivity contribution in [1.82, 2.24) is 14.5 Å². The molecule has 1 aromatic heterocycles. The van der Waals surface area contributed by atoms with Gasteiger partial charge < -0.3 is 15.2 Å². The number of aromatic hydroxyl groups is 2. The zero-order chi connectivity index (χ0) is 17.4. The highest BCUT2D eigenvalue weighted by molar-refractivity contribution is 5.75. The number of rotatable bonds is 3. The van der Waals surface area contributed by atoms with Gasteiger partial charge in [0.15, 0.2) is 11.5 Å². The number of phenolic OH excluding ortho intramolecular Hbond substituents is 2. The van der Waals surface area contributed by atoms with Crippen LogP contribution in [0.15, 0.2) is 47.3 Å². The van der Waals surface area contributed by atoms with Crippen molar-refractivity contribution in [3.63, 3.8) is 0 Å². The van der Waals surface area contributed by atoms with E-state index in [0.717, 1.165) is 49.1 Å². The SMILES string of the molecule is O=c1[nH]c2ccccc2n1C1CCN(Cc2ccc(O)c(O)c2)CC1. The van der Waals surface area contributed by atoms with E-state index in [-0.39, 0.29) is 23.2 Å². The molecule has 1 aliphatic heterocycles. The molecule has 1 aliphatic rings. The zero-order valence-corrected chi connectivity index (χ0v) is 13.9. The Bertz CT molecular complexity index is 952. The molecular weight excluding hydrogens is 318 g/mol. The molecule has 0 bridgehead atoms. The van der Waals surface area contributed by atoms with Gasteiger partial charge in [-0.3, -0.25) is 9.47 Å². The lowest BCUT2D eigenvalue weighted by molar-refractivity contribution is 0.179. The molecule has 1 fully saturated rings. The Morgan fingerprint density at radius 2 is 1.80 bits per heavy atom. The quantitative estimate of drug-likeness (QED) is 0.641. The molecule has 0 saturated carbocycles. The van der Waals surface area contributed by atoms with Crippen molar-refractivity contribution in [2.24, 2.45) is 0 Å². The molecule has 0 spiro atoms. The summed E-state index contributed by atoms with van der Waals surface area (Å²) in [5.74, 6) is -0.182. The Kier molecular flexibility index (Phi) is 3.97. The van der Waals surface area contributed by atoms with Gasteiger partial charge in [-0.2, -0.15) is 0 Å². The summed E-state index contributed by atoms with van der Waals surface area (Å²) >= 11 is 0. The number of nitrogens with one attached hydrogen (secondary N) is 1. The lowest BCUT2D eigenvalue weighted by Gasteiger charge is -2.32. The maximum atomic E-state index is 12.3. The largest absolute Gasteiger partial charge is 0.504 e. The van der Waals surface area contributed by atoms with Crippen LogP contribution in [0.1, 0.15) is 24.4 Å². The van der Waals surface area contributed by atoms with E-state index in [1.54, 1.807) is 6.07 Å². The van der Waals surface area contributed by atoms with Gasteiger partial charge in [0.1, 0.15) is 0 Å². The summed E-state index contributed by atoms with van der Waals surface area (Å²) in [6.45, 7) is 2.50. The Morgan fingerprint density at radius 3 is 2.56 bits per heavy atom. The molecular formula is C19H21N3O3. The highest BCUT2D eigenvalue weighted by atomic mass is 16.3. The molecule has 1 saturated heterocycles. The lowest BCUT2D eigenvalue weighted by atomic mass is 10.0. The van der Waals surface area contributed by atoms with E-state index >= 15 is 0 Å². The summed E-state index contributed by atoms with van der Waals surface area (Å²) in [5, 5.41) is 19.0. The average Bonchev–Trinajstić information content (AvgIpc) is 2.95. The van der Waals surface area contributed by atoms with Crippen molar-refractivity contribution in [3.8, 4) is 11.5 Å². The second kappa shape index (κ2) is 6.29. The molecule has 2 heterocycles. The minimum Gasteiger partial charge on any atom is -0.504 e. The van der Waals surface area contributed by atoms with Crippen molar-refractivity contribution < 1.29 is 10.2 Å². The van der Waals surface area contributed by atoms with Gasteiger partial charge in [-0.25, -0.2) is 4.79 Å². The number of aromatic amines is 1. The summed E-state index contributed by atoms with van der Waals surface area (Å²) in [6.07, 6.45) is 1.82. The van der Waals surface area contributed by atoms with Crippen LogP contribution in [0, 0.1) is 0 Å². The van der Waals surface area contributed by atoms with Crippen molar-refractivity contribution >= 4 is 11.0 Å².